The standard InChI is InChI=1S/C19H28FN3O2/c1-25-17-8-11-23(12-9-17)13-10-21-19(24)22-18(14-2-3-14)15-4-6-16(20)7-5-15/h4-7,14,17-18H,2-3,8-13H2,1H3,(H2,21,22,24). The zero-order valence-electron chi connectivity index (χ0n) is 14.8. The molecular formula is C19H28FN3O2. The molecule has 2 N–H and O–H groups in total. The number of urea groups is 1. The van der Waals surface area contributed by atoms with Crippen molar-refractivity contribution >= 4 is 6.03 Å². The number of rotatable bonds is 7. The van der Waals surface area contributed by atoms with Gasteiger partial charge in [-0.3, -0.25) is 0 Å². The largest absolute Gasteiger partial charge is 0.381 e. The van der Waals surface area contributed by atoms with E-state index in [1.807, 2.05) is 0 Å². The van der Waals surface area contributed by atoms with E-state index in [0.29, 0.717) is 18.6 Å². The molecule has 1 saturated heterocycles. The van der Waals surface area contributed by atoms with E-state index < -0.39 is 0 Å². The van der Waals surface area contributed by atoms with Crippen molar-refractivity contribution in [1.29, 1.82) is 0 Å². The Bertz CT molecular complexity index is 554. The predicted molar refractivity (Wildman–Crippen MR) is 94.9 cm³/mol. The molecular weight excluding hydrogens is 321 g/mol. The summed E-state index contributed by atoms with van der Waals surface area (Å²) in [6, 6.07) is 6.25. The van der Waals surface area contributed by atoms with E-state index in [2.05, 4.69) is 15.5 Å². The van der Waals surface area contributed by atoms with Gasteiger partial charge in [0.1, 0.15) is 5.82 Å². The van der Waals surface area contributed by atoms with Gasteiger partial charge in [0.15, 0.2) is 0 Å². The smallest absolute Gasteiger partial charge is 0.315 e. The number of nitrogens with one attached hydrogen (secondary N) is 2. The summed E-state index contributed by atoms with van der Waals surface area (Å²) < 4.78 is 18.5. The summed E-state index contributed by atoms with van der Waals surface area (Å²) in [7, 11) is 1.77. The second-order valence-corrected chi connectivity index (χ2v) is 7.04. The number of hydrogen-bond donors (Lipinski definition) is 2. The Kier molecular flexibility index (Phi) is 6.26. The number of piperidine rings is 1. The van der Waals surface area contributed by atoms with E-state index in [1.165, 1.54) is 12.1 Å². The molecule has 1 atom stereocenters. The summed E-state index contributed by atoms with van der Waals surface area (Å²) in [5.74, 6) is 0.212. The maximum atomic E-state index is 13.1. The Morgan fingerprint density at radius 2 is 1.92 bits per heavy atom. The zero-order valence-corrected chi connectivity index (χ0v) is 14.8. The van der Waals surface area contributed by atoms with Crippen LogP contribution in [0.1, 0.15) is 37.3 Å². The first kappa shape index (κ1) is 18.1. The lowest BCUT2D eigenvalue weighted by Crippen LogP contribution is -2.44. The van der Waals surface area contributed by atoms with Crippen LogP contribution >= 0.6 is 0 Å². The van der Waals surface area contributed by atoms with Crippen LogP contribution in [0.5, 0.6) is 0 Å². The zero-order chi connectivity index (χ0) is 17.6. The van der Waals surface area contributed by atoms with E-state index in [-0.39, 0.29) is 17.9 Å². The van der Waals surface area contributed by atoms with Gasteiger partial charge in [-0.25, -0.2) is 9.18 Å². The van der Waals surface area contributed by atoms with Gasteiger partial charge in [-0.2, -0.15) is 0 Å². The molecule has 6 heteroatoms. The quantitative estimate of drug-likeness (QED) is 0.796. The van der Waals surface area contributed by atoms with Crippen molar-refractivity contribution in [2.45, 2.75) is 37.8 Å². The number of carbonyl (C=O) groups excluding carboxylic acids is 1. The van der Waals surface area contributed by atoms with E-state index in [1.54, 1.807) is 19.2 Å². The Hall–Kier alpha value is -1.66. The van der Waals surface area contributed by atoms with Crippen molar-refractivity contribution in [1.82, 2.24) is 15.5 Å². The molecule has 25 heavy (non-hydrogen) atoms. The third-order valence-corrected chi connectivity index (χ3v) is 5.19. The summed E-state index contributed by atoms with van der Waals surface area (Å²) in [4.78, 5) is 14.6. The van der Waals surface area contributed by atoms with Crippen LogP contribution in [0.2, 0.25) is 0 Å². The molecule has 3 rings (SSSR count). The van der Waals surface area contributed by atoms with Gasteiger partial charge in [0, 0.05) is 33.3 Å². The Labute approximate surface area is 148 Å². The third-order valence-electron chi connectivity index (χ3n) is 5.19. The maximum Gasteiger partial charge on any atom is 0.315 e. The van der Waals surface area contributed by atoms with Gasteiger partial charge in [-0.1, -0.05) is 12.1 Å². The summed E-state index contributed by atoms with van der Waals surface area (Å²) in [5.41, 5.74) is 0.973. The highest BCUT2D eigenvalue weighted by Crippen LogP contribution is 2.40. The van der Waals surface area contributed by atoms with Crippen LogP contribution < -0.4 is 10.6 Å². The first-order valence-corrected chi connectivity index (χ1v) is 9.20. The fourth-order valence-electron chi connectivity index (χ4n) is 3.46. The molecule has 1 saturated carbocycles. The van der Waals surface area contributed by atoms with Gasteiger partial charge in [0.25, 0.3) is 0 Å². The minimum Gasteiger partial charge on any atom is -0.381 e. The highest BCUT2D eigenvalue weighted by molar-refractivity contribution is 5.74. The van der Waals surface area contributed by atoms with Crippen LogP contribution in [0, 0.1) is 11.7 Å². The number of nitrogens with zero attached hydrogens (tertiary/aromatic N) is 1. The van der Waals surface area contributed by atoms with Gasteiger partial charge in [0.2, 0.25) is 0 Å². The molecule has 0 bridgehead atoms. The summed E-state index contributed by atoms with van der Waals surface area (Å²) in [6.07, 6.45) is 4.70. The molecule has 2 fully saturated rings. The molecule has 0 spiro atoms. The van der Waals surface area contributed by atoms with Crippen LogP contribution in [0.25, 0.3) is 0 Å². The lowest BCUT2D eigenvalue weighted by molar-refractivity contribution is 0.0416. The fourth-order valence-corrected chi connectivity index (χ4v) is 3.46. The minimum absolute atomic E-state index is 0.0296. The van der Waals surface area contributed by atoms with Gasteiger partial charge in [0.05, 0.1) is 12.1 Å². The number of likely N-dealkylation sites (tertiary alicyclic amines) is 1. The van der Waals surface area contributed by atoms with Crippen LogP contribution in [-0.2, 0) is 4.74 Å². The first-order chi connectivity index (χ1) is 12.2. The summed E-state index contributed by atoms with van der Waals surface area (Å²) in [6.45, 7) is 3.52. The number of carbonyl (C=O) groups is 1. The van der Waals surface area contributed by atoms with Crippen molar-refractivity contribution in [2.75, 3.05) is 33.3 Å². The molecule has 2 aliphatic rings. The van der Waals surface area contributed by atoms with Gasteiger partial charge in [-0.15, -0.1) is 0 Å². The minimum atomic E-state index is -0.250. The molecule has 138 valence electrons. The molecule has 1 heterocycles. The average Bonchev–Trinajstić information content (AvgIpc) is 3.46. The third kappa shape index (κ3) is 5.41. The molecule has 0 aromatic heterocycles. The topological polar surface area (TPSA) is 53.6 Å². The number of hydrogen-bond acceptors (Lipinski definition) is 3. The Balaban J connectivity index is 1.41. The number of benzene rings is 1. The number of amides is 2. The first-order valence-electron chi connectivity index (χ1n) is 9.20. The summed E-state index contributed by atoms with van der Waals surface area (Å²) in [5, 5.41) is 6.01. The van der Waals surface area contributed by atoms with E-state index in [4.69, 9.17) is 4.74 Å². The van der Waals surface area contributed by atoms with Gasteiger partial charge < -0.3 is 20.3 Å². The SMILES string of the molecule is COC1CCN(CCNC(=O)NC(c2ccc(F)cc2)C2CC2)CC1. The molecule has 2 amide bonds. The Morgan fingerprint density at radius 1 is 1.24 bits per heavy atom. The highest BCUT2D eigenvalue weighted by Gasteiger charge is 2.33. The summed E-state index contributed by atoms with van der Waals surface area (Å²) >= 11 is 0. The molecule has 1 unspecified atom stereocenters. The van der Waals surface area contributed by atoms with Crippen LogP contribution in [-0.4, -0.2) is 50.3 Å². The van der Waals surface area contributed by atoms with E-state index >= 15 is 0 Å². The van der Waals surface area contributed by atoms with E-state index in [9.17, 15) is 9.18 Å². The predicted octanol–water partition coefficient (Wildman–Crippen LogP) is 2.69. The highest BCUT2D eigenvalue weighted by atomic mass is 19.1. The molecule has 1 aliphatic carbocycles. The second kappa shape index (κ2) is 8.63. The molecule has 1 aromatic carbocycles. The lowest BCUT2D eigenvalue weighted by atomic mass is 10.0. The van der Waals surface area contributed by atoms with Crippen LogP contribution in [0.3, 0.4) is 0 Å². The van der Waals surface area contributed by atoms with Gasteiger partial charge in [-0.05, 0) is 49.3 Å². The van der Waals surface area contributed by atoms with Crippen molar-refractivity contribution in [3.05, 3.63) is 35.6 Å². The van der Waals surface area contributed by atoms with Crippen molar-refractivity contribution in [3.63, 3.8) is 0 Å². The fraction of sp³-hybridized carbons (Fsp3) is 0.632. The van der Waals surface area contributed by atoms with Crippen molar-refractivity contribution in [3.8, 4) is 0 Å². The van der Waals surface area contributed by atoms with Crippen molar-refractivity contribution < 1.29 is 13.9 Å². The molecule has 1 aliphatic heterocycles. The normalized spacial score (nSPS) is 20.2. The number of ether oxygens (including phenoxy) is 1. The van der Waals surface area contributed by atoms with Crippen molar-refractivity contribution in [2.24, 2.45) is 5.92 Å². The van der Waals surface area contributed by atoms with E-state index in [0.717, 1.165) is 50.9 Å². The number of methoxy groups -OCH3 is 1. The van der Waals surface area contributed by atoms with Crippen LogP contribution in [0.15, 0.2) is 24.3 Å². The Morgan fingerprint density at radius 3 is 2.52 bits per heavy atom. The second-order valence-electron chi connectivity index (χ2n) is 7.04. The molecule has 5 nitrogen and oxygen atoms in total. The monoisotopic (exact) mass is 349 g/mol. The lowest BCUT2D eigenvalue weighted by Gasteiger charge is -2.31. The average molecular weight is 349 g/mol. The van der Waals surface area contributed by atoms with Crippen LogP contribution in [0.4, 0.5) is 9.18 Å². The molecule has 1 aromatic rings. The van der Waals surface area contributed by atoms with Gasteiger partial charge >= 0.3 is 6.03 Å². The molecule has 0 radical (unpaired) electrons. The maximum absolute atomic E-state index is 13.1. The number of halogens is 1.